The smallest absolute Gasteiger partial charge is 0.248 e. The number of carbonyl (C=O) groups excluding carboxylic acids is 1. The highest BCUT2D eigenvalue weighted by Gasteiger charge is 2.11. The number of amides is 1. The van der Waals surface area contributed by atoms with Crippen molar-refractivity contribution < 1.29 is 4.79 Å². The predicted octanol–water partition coefficient (Wildman–Crippen LogP) is 4.17. The number of nitrogens with zero attached hydrogens (tertiary/aromatic N) is 6. The monoisotopic (exact) mass is 433 g/mol. The highest BCUT2D eigenvalue weighted by atomic mass is 16.1. The fraction of sp³-hybridized carbons (Fsp3) is 0. The van der Waals surface area contributed by atoms with Crippen molar-refractivity contribution in [2.45, 2.75) is 0 Å². The number of pyridine rings is 2. The molecule has 0 atom stereocenters. The summed E-state index contributed by atoms with van der Waals surface area (Å²) in [5.41, 5.74) is 3.92. The molecule has 0 spiro atoms. The van der Waals surface area contributed by atoms with Crippen LogP contribution < -0.4 is 5.32 Å². The molecule has 0 bridgehead atoms. The van der Waals surface area contributed by atoms with Crippen LogP contribution in [0.15, 0.2) is 104 Å². The van der Waals surface area contributed by atoms with E-state index in [1.807, 2.05) is 54.7 Å². The second kappa shape index (κ2) is 9.11. The third kappa shape index (κ3) is 4.59. The summed E-state index contributed by atoms with van der Waals surface area (Å²) in [4.78, 5) is 21.1. The number of carbonyl (C=O) groups is 1. The fourth-order valence-electron chi connectivity index (χ4n) is 3.30. The Morgan fingerprint density at radius 3 is 2.55 bits per heavy atom. The molecule has 0 saturated heterocycles. The van der Waals surface area contributed by atoms with Crippen LogP contribution in [0.1, 0.15) is 5.56 Å². The van der Waals surface area contributed by atoms with Crippen LogP contribution in [-0.2, 0) is 4.79 Å². The Hall–Kier alpha value is -4.85. The maximum atomic E-state index is 12.5. The summed E-state index contributed by atoms with van der Waals surface area (Å²) >= 11 is 0. The van der Waals surface area contributed by atoms with E-state index >= 15 is 0 Å². The highest BCUT2D eigenvalue weighted by molar-refractivity contribution is 6.02. The lowest BCUT2D eigenvalue weighted by molar-refractivity contribution is -0.111. The van der Waals surface area contributed by atoms with Gasteiger partial charge in [-0.05, 0) is 48.5 Å². The van der Waals surface area contributed by atoms with E-state index in [4.69, 9.17) is 5.10 Å². The highest BCUT2D eigenvalue weighted by Crippen LogP contribution is 2.24. The summed E-state index contributed by atoms with van der Waals surface area (Å²) in [7, 11) is 0. The summed E-state index contributed by atoms with van der Waals surface area (Å²) in [6, 6.07) is 19.0. The van der Waals surface area contributed by atoms with Crippen LogP contribution in [0.5, 0.6) is 0 Å². The van der Waals surface area contributed by atoms with Crippen molar-refractivity contribution in [3.05, 3.63) is 109 Å². The molecule has 0 aliphatic rings. The number of hydrogen-bond acceptors (Lipinski definition) is 5. The minimum atomic E-state index is -0.270. The topological polar surface area (TPSA) is 90.5 Å². The Kier molecular flexibility index (Phi) is 5.54. The molecule has 5 aromatic rings. The summed E-state index contributed by atoms with van der Waals surface area (Å²) in [6.45, 7) is 0. The maximum Gasteiger partial charge on any atom is 0.248 e. The van der Waals surface area contributed by atoms with Gasteiger partial charge in [-0.1, -0.05) is 18.2 Å². The zero-order valence-electron chi connectivity index (χ0n) is 17.5. The largest absolute Gasteiger partial charge is 0.321 e. The van der Waals surface area contributed by atoms with Crippen LogP contribution in [0.2, 0.25) is 0 Å². The Bertz CT molecular complexity index is 1370. The van der Waals surface area contributed by atoms with Gasteiger partial charge in [0.25, 0.3) is 0 Å². The number of rotatable bonds is 6. The molecule has 5 rings (SSSR count). The molecule has 0 saturated carbocycles. The van der Waals surface area contributed by atoms with E-state index in [0.717, 1.165) is 22.5 Å². The molecule has 160 valence electrons. The van der Waals surface area contributed by atoms with Crippen molar-refractivity contribution in [1.29, 1.82) is 0 Å². The molecular weight excluding hydrogens is 414 g/mol. The van der Waals surface area contributed by atoms with Gasteiger partial charge in [0.15, 0.2) is 5.82 Å². The first kappa shape index (κ1) is 20.1. The predicted molar refractivity (Wildman–Crippen MR) is 126 cm³/mol. The summed E-state index contributed by atoms with van der Waals surface area (Å²) in [6.07, 6.45) is 13.7. The number of hydrogen-bond donors (Lipinski definition) is 1. The molecule has 33 heavy (non-hydrogen) atoms. The second-order valence-electron chi connectivity index (χ2n) is 7.13. The number of aromatic nitrogens is 6. The quantitative estimate of drug-likeness (QED) is 0.406. The lowest BCUT2D eigenvalue weighted by Crippen LogP contribution is -2.08. The van der Waals surface area contributed by atoms with E-state index in [0.29, 0.717) is 11.5 Å². The first-order valence-corrected chi connectivity index (χ1v) is 10.3. The van der Waals surface area contributed by atoms with E-state index in [1.54, 1.807) is 58.6 Å². The molecule has 1 amide bonds. The SMILES string of the molecule is O=C(/C=C/c1cn(-c2ccccc2)nc1-c1cccnc1)Nc1ccc(-n2cccn2)nc1. The van der Waals surface area contributed by atoms with Crippen molar-refractivity contribution in [2.75, 3.05) is 5.32 Å². The van der Waals surface area contributed by atoms with Crippen molar-refractivity contribution in [3.63, 3.8) is 0 Å². The minimum absolute atomic E-state index is 0.270. The van der Waals surface area contributed by atoms with Crippen molar-refractivity contribution in [1.82, 2.24) is 29.5 Å². The normalized spacial score (nSPS) is 11.0. The molecule has 0 aliphatic heterocycles. The summed E-state index contributed by atoms with van der Waals surface area (Å²) in [5, 5.41) is 11.7. The van der Waals surface area contributed by atoms with Gasteiger partial charge in [0.2, 0.25) is 5.91 Å². The van der Waals surface area contributed by atoms with Crippen molar-refractivity contribution in [3.8, 4) is 22.8 Å². The zero-order valence-corrected chi connectivity index (χ0v) is 17.5. The molecule has 1 N–H and O–H groups in total. The van der Waals surface area contributed by atoms with Crippen LogP contribution in [0.4, 0.5) is 5.69 Å². The minimum Gasteiger partial charge on any atom is -0.321 e. The average Bonchev–Trinajstić information content (AvgIpc) is 3.55. The van der Waals surface area contributed by atoms with Gasteiger partial charge < -0.3 is 5.32 Å². The number of para-hydroxylation sites is 1. The van der Waals surface area contributed by atoms with Crippen LogP contribution >= 0.6 is 0 Å². The molecular formula is C25H19N7O. The Labute approximate surface area is 189 Å². The first-order valence-electron chi connectivity index (χ1n) is 10.3. The van der Waals surface area contributed by atoms with E-state index in [2.05, 4.69) is 20.4 Å². The molecule has 4 heterocycles. The van der Waals surface area contributed by atoms with Crippen molar-refractivity contribution >= 4 is 17.7 Å². The Morgan fingerprint density at radius 2 is 1.82 bits per heavy atom. The molecule has 0 radical (unpaired) electrons. The third-order valence-electron chi connectivity index (χ3n) is 4.87. The number of benzene rings is 1. The molecule has 0 aliphatic carbocycles. The standard InChI is InChI=1S/C25H19N7O/c33-24(29-21-10-11-23(27-17-21)31-15-5-14-28-31)12-9-20-18-32(22-7-2-1-3-8-22)30-25(20)19-6-4-13-26-16-19/h1-18H,(H,29,33)/b12-9+. The lowest BCUT2D eigenvalue weighted by Gasteiger charge is -2.04. The average molecular weight is 433 g/mol. The third-order valence-corrected chi connectivity index (χ3v) is 4.87. The van der Waals surface area contributed by atoms with E-state index in [-0.39, 0.29) is 5.91 Å². The zero-order chi connectivity index (χ0) is 22.5. The molecule has 8 nitrogen and oxygen atoms in total. The van der Waals surface area contributed by atoms with Gasteiger partial charge in [0.1, 0.15) is 5.69 Å². The van der Waals surface area contributed by atoms with E-state index in [9.17, 15) is 4.79 Å². The Morgan fingerprint density at radius 1 is 0.909 bits per heavy atom. The molecule has 8 heteroatoms. The number of nitrogens with one attached hydrogen (secondary N) is 1. The van der Waals surface area contributed by atoms with E-state index in [1.165, 1.54) is 6.08 Å². The van der Waals surface area contributed by atoms with Gasteiger partial charge in [0.05, 0.1) is 17.6 Å². The first-order chi connectivity index (χ1) is 16.3. The van der Waals surface area contributed by atoms with Gasteiger partial charge in [-0.2, -0.15) is 10.2 Å². The summed E-state index contributed by atoms with van der Waals surface area (Å²) in [5.74, 6) is 0.399. The maximum absolute atomic E-state index is 12.5. The Balaban J connectivity index is 1.37. The van der Waals surface area contributed by atoms with Crippen LogP contribution in [0.25, 0.3) is 28.8 Å². The van der Waals surface area contributed by atoms with Gasteiger partial charge in [0, 0.05) is 48.2 Å². The van der Waals surface area contributed by atoms with Crippen LogP contribution in [0, 0.1) is 0 Å². The molecule has 1 aromatic carbocycles. The second-order valence-corrected chi connectivity index (χ2v) is 7.13. The van der Waals surface area contributed by atoms with Gasteiger partial charge in [-0.3, -0.25) is 9.78 Å². The molecule has 0 fully saturated rings. The van der Waals surface area contributed by atoms with Crippen molar-refractivity contribution in [2.24, 2.45) is 0 Å². The van der Waals surface area contributed by atoms with E-state index < -0.39 is 0 Å². The lowest BCUT2D eigenvalue weighted by atomic mass is 10.1. The van der Waals surface area contributed by atoms with Crippen LogP contribution in [0.3, 0.4) is 0 Å². The van der Waals surface area contributed by atoms with Gasteiger partial charge >= 0.3 is 0 Å². The van der Waals surface area contributed by atoms with Crippen LogP contribution in [-0.4, -0.2) is 35.4 Å². The fourth-order valence-corrected chi connectivity index (χ4v) is 3.30. The van der Waals surface area contributed by atoms with Gasteiger partial charge in [-0.25, -0.2) is 14.3 Å². The number of anilines is 1. The van der Waals surface area contributed by atoms with Gasteiger partial charge in [-0.15, -0.1) is 0 Å². The summed E-state index contributed by atoms with van der Waals surface area (Å²) < 4.78 is 3.44. The molecule has 4 aromatic heterocycles. The molecule has 0 unspecified atom stereocenters.